The molecule has 0 bridgehead atoms. The lowest BCUT2D eigenvalue weighted by Crippen LogP contribution is -2.17. The number of hydrogen-bond donors (Lipinski definition) is 1. The number of ether oxygens (including phenoxy) is 3. The van der Waals surface area contributed by atoms with Crippen molar-refractivity contribution in [1.29, 1.82) is 0 Å². The van der Waals surface area contributed by atoms with Gasteiger partial charge >= 0.3 is 5.97 Å². The van der Waals surface area contributed by atoms with Gasteiger partial charge in [-0.2, -0.15) is 5.10 Å². The molecule has 0 aliphatic carbocycles. The smallest absolute Gasteiger partial charge is 0.343 e. The molecule has 0 atom stereocenters. The minimum atomic E-state index is -0.515. The van der Waals surface area contributed by atoms with Gasteiger partial charge in [0.25, 0.3) is 5.91 Å². The first-order valence-electron chi connectivity index (χ1n) is 10.2. The van der Waals surface area contributed by atoms with Crippen LogP contribution >= 0.6 is 15.9 Å². The van der Waals surface area contributed by atoms with E-state index >= 15 is 0 Å². The van der Waals surface area contributed by atoms with Gasteiger partial charge in [0.05, 0.1) is 25.5 Å². The van der Waals surface area contributed by atoms with Crippen molar-refractivity contribution in [3.05, 3.63) is 87.9 Å². The summed E-state index contributed by atoms with van der Waals surface area (Å²) >= 11 is 3.33. The fourth-order valence-electron chi connectivity index (χ4n) is 2.75. The molecule has 1 N–H and O–H groups in total. The number of benzene rings is 3. The van der Waals surface area contributed by atoms with Crippen molar-refractivity contribution in [1.82, 2.24) is 5.43 Å². The Morgan fingerprint density at radius 2 is 1.67 bits per heavy atom. The van der Waals surface area contributed by atoms with Crippen molar-refractivity contribution in [2.75, 3.05) is 13.7 Å². The van der Waals surface area contributed by atoms with Crippen molar-refractivity contribution in [3.63, 3.8) is 0 Å². The topological polar surface area (TPSA) is 86.2 Å². The first-order valence-corrected chi connectivity index (χ1v) is 11.0. The Balaban J connectivity index is 1.62. The number of hydrogen-bond acceptors (Lipinski definition) is 6. The predicted molar refractivity (Wildman–Crippen MR) is 129 cm³/mol. The number of halogens is 1. The summed E-state index contributed by atoms with van der Waals surface area (Å²) in [7, 11) is 1.47. The fourth-order valence-corrected chi connectivity index (χ4v) is 3.01. The molecule has 33 heavy (non-hydrogen) atoms. The zero-order valence-corrected chi connectivity index (χ0v) is 19.8. The Hall–Kier alpha value is -3.65. The first-order chi connectivity index (χ1) is 16.0. The molecule has 170 valence electrons. The lowest BCUT2D eigenvalue weighted by molar-refractivity contribution is 0.0729. The Labute approximate surface area is 200 Å². The molecule has 0 aliphatic heterocycles. The molecule has 0 heterocycles. The number of hydrazone groups is 1. The van der Waals surface area contributed by atoms with Crippen molar-refractivity contribution < 1.29 is 23.8 Å². The second-order valence-electron chi connectivity index (χ2n) is 6.88. The maximum Gasteiger partial charge on any atom is 0.343 e. The van der Waals surface area contributed by atoms with E-state index in [2.05, 4.69) is 26.5 Å². The molecule has 0 aliphatic rings. The van der Waals surface area contributed by atoms with Gasteiger partial charge in [-0.25, -0.2) is 10.2 Å². The Morgan fingerprint density at radius 3 is 2.33 bits per heavy atom. The van der Waals surface area contributed by atoms with E-state index in [0.29, 0.717) is 34.8 Å². The van der Waals surface area contributed by atoms with Gasteiger partial charge in [0, 0.05) is 10.0 Å². The highest BCUT2D eigenvalue weighted by Crippen LogP contribution is 2.28. The highest BCUT2D eigenvalue weighted by molar-refractivity contribution is 9.10. The molecule has 0 aromatic heterocycles. The van der Waals surface area contributed by atoms with Crippen LogP contribution in [0.3, 0.4) is 0 Å². The van der Waals surface area contributed by atoms with Crippen LogP contribution in [0, 0.1) is 0 Å². The van der Waals surface area contributed by atoms with E-state index in [1.165, 1.54) is 13.3 Å². The number of carbonyl (C=O) groups is 2. The molecule has 0 radical (unpaired) electrons. The van der Waals surface area contributed by atoms with Crippen LogP contribution in [-0.2, 0) is 0 Å². The minimum absolute atomic E-state index is 0.268. The van der Waals surface area contributed by atoms with Crippen LogP contribution in [0.4, 0.5) is 0 Å². The first kappa shape index (κ1) is 24.0. The average molecular weight is 511 g/mol. The molecule has 3 aromatic carbocycles. The number of rotatable bonds is 9. The van der Waals surface area contributed by atoms with Crippen LogP contribution in [0.5, 0.6) is 17.2 Å². The zero-order valence-electron chi connectivity index (χ0n) is 18.2. The van der Waals surface area contributed by atoms with Crippen LogP contribution in [0.1, 0.15) is 39.6 Å². The normalized spacial score (nSPS) is 10.6. The van der Waals surface area contributed by atoms with E-state index in [0.717, 1.165) is 10.9 Å². The molecule has 1 amide bonds. The second-order valence-corrected chi connectivity index (χ2v) is 7.79. The van der Waals surface area contributed by atoms with E-state index in [4.69, 9.17) is 14.2 Å². The Bertz CT molecular complexity index is 1130. The highest BCUT2D eigenvalue weighted by Gasteiger charge is 2.13. The van der Waals surface area contributed by atoms with Crippen LogP contribution in [0.25, 0.3) is 0 Å². The maximum atomic E-state index is 12.5. The molecule has 0 fully saturated rings. The molecule has 0 spiro atoms. The molecular weight excluding hydrogens is 488 g/mol. The monoisotopic (exact) mass is 510 g/mol. The SMILES string of the molecule is CCCOc1ccc(C(=O)Oc2ccc(/C=N/NC(=O)c3ccc(Br)cc3)cc2OC)cc1. The third-order valence-corrected chi connectivity index (χ3v) is 4.97. The van der Waals surface area contributed by atoms with Gasteiger partial charge in [0.2, 0.25) is 0 Å². The highest BCUT2D eigenvalue weighted by atomic mass is 79.9. The second kappa shape index (κ2) is 11.8. The number of nitrogens with one attached hydrogen (secondary N) is 1. The fraction of sp³-hybridized carbons (Fsp3) is 0.160. The third kappa shape index (κ3) is 6.92. The number of nitrogens with zero attached hydrogens (tertiary/aromatic N) is 1. The van der Waals surface area contributed by atoms with Crippen LogP contribution in [-0.4, -0.2) is 31.8 Å². The van der Waals surface area contributed by atoms with E-state index in [1.54, 1.807) is 66.7 Å². The van der Waals surface area contributed by atoms with Crippen molar-refractivity contribution in [3.8, 4) is 17.2 Å². The number of carbonyl (C=O) groups excluding carboxylic acids is 2. The zero-order chi connectivity index (χ0) is 23.6. The summed E-state index contributed by atoms with van der Waals surface area (Å²) in [5, 5.41) is 3.97. The molecule has 0 saturated heterocycles. The Kier molecular flexibility index (Phi) is 8.60. The van der Waals surface area contributed by atoms with Crippen molar-refractivity contribution >= 4 is 34.0 Å². The lowest BCUT2D eigenvalue weighted by Gasteiger charge is -2.10. The molecule has 0 saturated carbocycles. The van der Waals surface area contributed by atoms with Crippen molar-refractivity contribution in [2.24, 2.45) is 5.10 Å². The van der Waals surface area contributed by atoms with Gasteiger partial charge in [-0.05, 0) is 78.7 Å². The summed E-state index contributed by atoms with van der Waals surface area (Å²) in [6, 6.07) is 18.6. The summed E-state index contributed by atoms with van der Waals surface area (Å²) in [6.07, 6.45) is 2.38. The van der Waals surface area contributed by atoms with Gasteiger partial charge in [-0.1, -0.05) is 22.9 Å². The third-order valence-electron chi connectivity index (χ3n) is 4.44. The average Bonchev–Trinajstić information content (AvgIpc) is 2.84. The quantitative estimate of drug-likeness (QED) is 0.184. The van der Waals surface area contributed by atoms with Gasteiger partial charge < -0.3 is 14.2 Å². The molecule has 8 heteroatoms. The number of methoxy groups -OCH3 is 1. The van der Waals surface area contributed by atoms with Gasteiger partial charge in [0.1, 0.15) is 5.75 Å². The van der Waals surface area contributed by atoms with Crippen LogP contribution in [0.2, 0.25) is 0 Å². The summed E-state index contributed by atoms with van der Waals surface area (Å²) in [4.78, 5) is 24.6. The number of amides is 1. The van der Waals surface area contributed by atoms with E-state index < -0.39 is 5.97 Å². The molecular formula is C25H23BrN2O5. The van der Waals surface area contributed by atoms with E-state index in [-0.39, 0.29) is 11.7 Å². The Morgan fingerprint density at radius 1 is 0.970 bits per heavy atom. The number of esters is 1. The van der Waals surface area contributed by atoms with E-state index in [1.807, 2.05) is 6.92 Å². The maximum absolute atomic E-state index is 12.5. The van der Waals surface area contributed by atoms with Gasteiger partial charge in [-0.3, -0.25) is 4.79 Å². The molecule has 0 unspecified atom stereocenters. The summed E-state index contributed by atoms with van der Waals surface area (Å²) in [5.41, 5.74) is 4.00. The van der Waals surface area contributed by atoms with Crippen molar-refractivity contribution in [2.45, 2.75) is 13.3 Å². The van der Waals surface area contributed by atoms with Gasteiger partial charge in [0.15, 0.2) is 11.5 Å². The minimum Gasteiger partial charge on any atom is -0.494 e. The van der Waals surface area contributed by atoms with Crippen LogP contribution in [0.15, 0.2) is 76.3 Å². The summed E-state index contributed by atoms with van der Waals surface area (Å²) < 4.78 is 17.2. The standard InChI is InChI=1S/C25H23BrN2O5/c1-3-14-32-21-11-7-19(8-12-21)25(30)33-22-13-4-17(15-23(22)31-2)16-27-28-24(29)18-5-9-20(26)10-6-18/h4-13,15-16H,3,14H2,1-2H3,(H,28,29)/b27-16+. The largest absolute Gasteiger partial charge is 0.494 e. The van der Waals surface area contributed by atoms with Gasteiger partial charge in [-0.15, -0.1) is 0 Å². The summed E-state index contributed by atoms with van der Waals surface area (Å²) in [6.45, 7) is 2.64. The molecule has 3 aromatic rings. The van der Waals surface area contributed by atoms with Crippen LogP contribution < -0.4 is 19.6 Å². The lowest BCUT2D eigenvalue weighted by atomic mass is 10.2. The molecule has 7 nitrogen and oxygen atoms in total. The summed E-state index contributed by atoms with van der Waals surface area (Å²) in [5.74, 6) is 0.474. The van der Waals surface area contributed by atoms with E-state index in [9.17, 15) is 9.59 Å². The molecule has 3 rings (SSSR count). The predicted octanol–water partition coefficient (Wildman–Crippen LogP) is 5.23.